The molecule has 1 aliphatic rings. The Bertz CT molecular complexity index is 625. The zero-order chi connectivity index (χ0) is 16.1. The number of urea groups is 1. The number of ether oxygens (including phenoxy) is 1. The van der Waals surface area contributed by atoms with Gasteiger partial charge in [0.15, 0.2) is 0 Å². The third-order valence-electron chi connectivity index (χ3n) is 3.81. The molecule has 8 heteroatoms. The van der Waals surface area contributed by atoms with Gasteiger partial charge < -0.3 is 19.4 Å². The lowest BCUT2D eigenvalue weighted by molar-refractivity contribution is 0.00410. The number of aryl methyl sites for hydroxylation is 2. The second-order valence-electron chi connectivity index (χ2n) is 5.50. The van der Waals surface area contributed by atoms with E-state index in [1.54, 1.807) is 4.90 Å². The predicted octanol–water partition coefficient (Wildman–Crippen LogP) is 1.42. The van der Waals surface area contributed by atoms with Crippen molar-refractivity contribution in [1.82, 2.24) is 25.4 Å². The Labute approximate surface area is 134 Å². The minimum atomic E-state index is -0.174. The van der Waals surface area contributed by atoms with Gasteiger partial charge >= 0.3 is 6.03 Å². The number of furan rings is 1. The smallest absolute Gasteiger partial charge is 0.318 e. The first-order chi connectivity index (χ1) is 11.2. The van der Waals surface area contributed by atoms with Gasteiger partial charge in [-0.25, -0.2) is 9.78 Å². The lowest BCUT2D eigenvalue weighted by Gasteiger charge is -2.34. The predicted molar refractivity (Wildman–Crippen MR) is 81.8 cm³/mol. The first-order valence-corrected chi connectivity index (χ1v) is 7.77. The number of carbonyl (C=O) groups excluding carboxylic acids is 1. The van der Waals surface area contributed by atoms with Crippen LogP contribution in [0.4, 0.5) is 4.79 Å². The van der Waals surface area contributed by atoms with Crippen LogP contribution in [0.1, 0.15) is 29.8 Å². The van der Waals surface area contributed by atoms with Crippen molar-refractivity contribution in [2.45, 2.75) is 25.8 Å². The van der Waals surface area contributed by atoms with Gasteiger partial charge in [0.05, 0.1) is 13.2 Å². The summed E-state index contributed by atoms with van der Waals surface area (Å²) in [6.45, 7) is 4.03. The highest BCUT2D eigenvalue weighted by molar-refractivity contribution is 5.74. The first kappa shape index (κ1) is 15.5. The molecule has 2 aromatic heterocycles. The van der Waals surface area contributed by atoms with Gasteiger partial charge in [0, 0.05) is 19.5 Å². The second kappa shape index (κ2) is 7.28. The third kappa shape index (κ3) is 3.89. The van der Waals surface area contributed by atoms with Crippen LogP contribution in [0.15, 0.2) is 22.9 Å². The van der Waals surface area contributed by atoms with E-state index in [9.17, 15) is 4.79 Å². The highest BCUT2D eigenvalue weighted by atomic mass is 16.5. The van der Waals surface area contributed by atoms with E-state index in [4.69, 9.17) is 9.15 Å². The maximum Gasteiger partial charge on any atom is 0.318 e. The van der Waals surface area contributed by atoms with Crippen LogP contribution in [-0.2, 0) is 11.2 Å². The summed E-state index contributed by atoms with van der Waals surface area (Å²) < 4.78 is 11.2. The number of H-pyrrole nitrogens is 1. The van der Waals surface area contributed by atoms with E-state index in [2.05, 4.69) is 20.5 Å². The highest BCUT2D eigenvalue weighted by Crippen LogP contribution is 2.25. The lowest BCUT2D eigenvalue weighted by Crippen LogP contribution is -2.48. The molecule has 1 atom stereocenters. The molecule has 1 aliphatic heterocycles. The van der Waals surface area contributed by atoms with Crippen molar-refractivity contribution < 1.29 is 13.9 Å². The molecule has 0 spiro atoms. The average Bonchev–Trinajstić information content (AvgIpc) is 3.23. The Morgan fingerprint density at radius 3 is 3.17 bits per heavy atom. The van der Waals surface area contributed by atoms with Crippen LogP contribution in [0, 0.1) is 6.92 Å². The molecule has 0 aliphatic carbocycles. The minimum absolute atomic E-state index is 0.0927. The molecular formula is C15H21N5O3. The van der Waals surface area contributed by atoms with E-state index >= 15 is 0 Å². The van der Waals surface area contributed by atoms with Crippen LogP contribution in [0.2, 0.25) is 0 Å². The number of nitrogens with one attached hydrogen (secondary N) is 2. The molecule has 2 aromatic rings. The number of nitrogens with zero attached hydrogens (tertiary/aromatic N) is 3. The van der Waals surface area contributed by atoms with Crippen LogP contribution in [-0.4, -0.2) is 52.4 Å². The van der Waals surface area contributed by atoms with E-state index in [0.717, 1.165) is 30.2 Å². The Morgan fingerprint density at radius 1 is 1.52 bits per heavy atom. The summed E-state index contributed by atoms with van der Waals surface area (Å²) in [6.07, 6.45) is 3.04. The minimum Gasteiger partial charge on any atom is -0.464 e. The van der Waals surface area contributed by atoms with Crippen LogP contribution in [0.3, 0.4) is 0 Å². The molecule has 1 fully saturated rings. The third-order valence-corrected chi connectivity index (χ3v) is 3.81. The number of carbonyl (C=O) groups is 1. The van der Waals surface area contributed by atoms with Crippen molar-refractivity contribution in [1.29, 1.82) is 0 Å². The SMILES string of the molecule is Cc1ccc(C2COCCN2C(=O)NCCCc2ncn[nH]2)o1. The van der Waals surface area contributed by atoms with Crippen LogP contribution in [0.25, 0.3) is 0 Å². The van der Waals surface area contributed by atoms with Gasteiger partial charge in [-0.3, -0.25) is 5.10 Å². The Hall–Kier alpha value is -2.35. The molecule has 1 unspecified atom stereocenters. The standard InChI is InChI=1S/C15H21N5O3/c1-11-4-5-13(23-11)12-9-22-8-7-20(12)15(21)16-6-2-3-14-17-10-18-19-14/h4-5,10,12H,2-3,6-9H2,1H3,(H,16,21)(H,17,18,19). The highest BCUT2D eigenvalue weighted by Gasteiger charge is 2.30. The normalized spacial score (nSPS) is 18.1. The molecule has 2 N–H and O–H groups in total. The van der Waals surface area contributed by atoms with Crippen LogP contribution < -0.4 is 5.32 Å². The number of morpholine rings is 1. The van der Waals surface area contributed by atoms with E-state index in [1.165, 1.54) is 6.33 Å². The molecule has 2 amide bonds. The van der Waals surface area contributed by atoms with Gasteiger partial charge in [0.25, 0.3) is 0 Å². The van der Waals surface area contributed by atoms with Crippen LogP contribution in [0.5, 0.6) is 0 Å². The van der Waals surface area contributed by atoms with Crippen LogP contribution >= 0.6 is 0 Å². The molecule has 124 valence electrons. The van der Waals surface area contributed by atoms with Crippen molar-refractivity contribution in [2.75, 3.05) is 26.3 Å². The summed E-state index contributed by atoms with van der Waals surface area (Å²) >= 11 is 0. The lowest BCUT2D eigenvalue weighted by atomic mass is 10.2. The largest absolute Gasteiger partial charge is 0.464 e. The van der Waals surface area contributed by atoms with Gasteiger partial charge in [-0.2, -0.15) is 5.10 Å². The molecule has 0 saturated carbocycles. The van der Waals surface area contributed by atoms with Gasteiger partial charge in [0.1, 0.15) is 29.7 Å². The van der Waals surface area contributed by atoms with Gasteiger partial charge in [0.2, 0.25) is 0 Å². The monoisotopic (exact) mass is 319 g/mol. The van der Waals surface area contributed by atoms with Gasteiger partial charge in [-0.1, -0.05) is 0 Å². The van der Waals surface area contributed by atoms with Crippen molar-refractivity contribution in [3.63, 3.8) is 0 Å². The zero-order valence-electron chi connectivity index (χ0n) is 13.1. The summed E-state index contributed by atoms with van der Waals surface area (Å²) in [5.41, 5.74) is 0. The fourth-order valence-corrected chi connectivity index (χ4v) is 2.62. The quantitative estimate of drug-likeness (QED) is 0.813. The molecule has 23 heavy (non-hydrogen) atoms. The number of aromatic nitrogens is 3. The van der Waals surface area contributed by atoms with Crippen molar-refractivity contribution in [3.8, 4) is 0 Å². The molecule has 8 nitrogen and oxygen atoms in total. The van der Waals surface area contributed by atoms with Crippen molar-refractivity contribution in [2.24, 2.45) is 0 Å². The molecule has 3 heterocycles. The molecule has 0 aromatic carbocycles. The number of hydrogen-bond acceptors (Lipinski definition) is 5. The van der Waals surface area contributed by atoms with E-state index in [0.29, 0.717) is 26.3 Å². The zero-order valence-corrected chi connectivity index (χ0v) is 13.1. The molecule has 0 bridgehead atoms. The summed E-state index contributed by atoms with van der Waals surface area (Å²) in [5.74, 6) is 2.42. The number of aromatic amines is 1. The Morgan fingerprint density at radius 2 is 2.43 bits per heavy atom. The Balaban J connectivity index is 1.52. The molecular weight excluding hydrogens is 298 g/mol. The Kier molecular flexibility index (Phi) is 4.92. The number of hydrogen-bond donors (Lipinski definition) is 2. The topological polar surface area (TPSA) is 96.3 Å². The maximum absolute atomic E-state index is 12.4. The van der Waals surface area contributed by atoms with E-state index in [-0.39, 0.29) is 12.1 Å². The van der Waals surface area contributed by atoms with E-state index in [1.807, 2.05) is 19.1 Å². The first-order valence-electron chi connectivity index (χ1n) is 7.77. The van der Waals surface area contributed by atoms with Gasteiger partial charge in [-0.15, -0.1) is 0 Å². The maximum atomic E-state index is 12.4. The van der Waals surface area contributed by atoms with Gasteiger partial charge in [-0.05, 0) is 25.5 Å². The number of amides is 2. The molecule has 3 rings (SSSR count). The fourth-order valence-electron chi connectivity index (χ4n) is 2.62. The number of rotatable bonds is 5. The van der Waals surface area contributed by atoms with E-state index < -0.39 is 0 Å². The van der Waals surface area contributed by atoms with Crippen molar-refractivity contribution in [3.05, 3.63) is 35.8 Å². The summed E-state index contributed by atoms with van der Waals surface area (Å²) in [4.78, 5) is 18.3. The summed E-state index contributed by atoms with van der Waals surface area (Å²) in [6, 6.07) is 3.53. The second-order valence-corrected chi connectivity index (χ2v) is 5.50. The summed E-state index contributed by atoms with van der Waals surface area (Å²) in [5, 5.41) is 9.55. The fraction of sp³-hybridized carbons (Fsp3) is 0.533. The molecule has 0 radical (unpaired) electrons. The van der Waals surface area contributed by atoms with Crippen molar-refractivity contribution >= 4 is 6.03 Å². The summed E-state index contributed by atoms with van der Waals surface area (Å²) in [7, 11) is 0. The molecule has 1 saturated heterocycles. The average molecular weight is 319 g/mol.